The third-order valence-corrected chi connectivity index (χ3v) is 4.00. The summed E-state index contributed by atoms with van der Waals surface area (Å²) >= 11 is 0. The van der Waals surface area contributed by atoms with E-state index in [4.69, 9.17) is 9.47 Å². The fourth-order valence-electron chi connectivity index (χ4n) is 2.28. The molecule has 0 radical (unpaired) electrons. The zero-order valence-electron chi connectivity index (χ0n) is 16.1. The van der Waals surface area contributed by atoms with E-state index < -0.39 is 0 Å². The first-order chi connectivity index (χ1) is 11.6. The molecule has 0 saturated carbocycles. The highest BCUT2D eigenvalue weighted by Gasteiger charge is 2.19. The molecule has 0 rings (SSSR count). The zero-order chi connectivity index (χ0) is 18.2. The van der Waals surface area contributed by atoms with Gasteiger partial charge in [0, 0.05) is 11.1 Å². The molecule has 0 spiro atoms. The third kappa shape index (κ3) is 10.5. The predicted molar refractivity (Wildman–Crippen MR) is 97.8 cm³/mol. The van der Waals surface area contributed by atoms with Crippen LogP contribution in [0.3, 0.4) is 0 Å². The minimum Gasteiger partial charge on any atom is -0.462 e. The quantitative estimate of drug-likeness (QED) is 0.243. The van der Waals surface area contributed by atoms with Crippen LogP contribution in [0.1, 0.15) is 91.9 Å². The van der Waals surface area contributed by atoms with E-state index in [2.05, 4.69) is 13.8 Å². The number of rotatable bonds is 14. The highest BCUT2D eigenvalue weighted by atomic mass is 16.5. The molecule has 4 nitrogen and oxygen atoms in total. The number of ether oxygens (including phenoxy) is 2. The number of hydrogen-bond acceptors (Lipinski definition) is 4. The van der Waals surface area contributed by atoms with Crippen LogP contribution < -0.4 is 0 Å². The molecule has 0 aliphatic carbocycles. The Labute approximate surface area is 148 Å². The monoisotopic (exact) mass is 340 g/mol. The van der Waals surface area contributed by atoms with Crippen molar-refractivity contribution in [3.63, 3.8) is 0 Å². The normalized spacial score (nSPS) is 11.8. The van der Waals surface area contributed by atoms with Gasteiger partial charge in [0.2, 0.25) is 0 Å². The van der Waals surface area contributed by atoms with Crippen molar-refractivity contribution in [3.05, 3.63) is 11.1 Å². The van der Waals surface area contributed by atoms with Gasteiger partial charge in [-0.25, -0.2) is 9.59 Å². The Morgan fingerprint density at radius 1 is 0.667 bits per heavy atom. The second kappa shape index (κ2) is 15.2. The van der Waals surface area contributed by atoms with Gasteiger partial charge in [0.15, 0.2) is 0 Å². The van der Waals surface area contributed by atoms with Gasteiger partial charge in [0.1, 0.15) is 0 Å². The fourth-order valence-corrected chi connectivity index (χ4v) is 2.28. The second-order valence-electron chi connectivity index (χ2n) is 6.25. The Hall–Kier alpha value is -1.32. The Kier molecular flexibility index (Phi) is 14.4. The number of esters is 2. The molecule has 0 saturated heterocycles. The summed E-state index contributed by atoms with van der Waals surface area (Å²) in [5.41, 5.74) is 0.896. The van der Waals surface area contributed by atoms with E-state index in [1.54, 1.807) is 6.92 Å². The lowest BCUT2D eigenvalue weighted by atomic mass is 10.0. The van der Waals surface area contributed by atoms with Crippen molar-refractivity contribution in [2.24, 2.45) is 0 Å². The molecule has 0 amide bonds. The maximum absolute atomic E-state index is 12.3. The van der Waals surface area contributed by atoms with Crippen molar-refractivity contribution in [1.29, 1.82) is 0 Å². The van der Waals surface area contributed by atoms with Gasteiger partial charge in [-0.1, -0.05) is 59.3 Å². The fraction of sp³-hybridized carbons (Fsp3) is 0.800. The van der Waals surface area contributed by atoms with Crippen molar-refractivity contribution in [1.82, 2.24) is 0 Å². The van der Waals surface area contributed by atoms with Crippen LogP contribution in [0.5, 0.6) is 0 Å². The number of carbonyl (C=O) groups excluding carboxylic acids is 2. The van der Waals surface area contributed by atoms with Gasteiger partial charge in [-0.3, -0.25) is 0 Å². The number of hydrogen-bond donors (Lipinski definition) is 0. The lowest BCUT2D eigenvalue weighted by molar-refractivity contribution is -0.142. The Morgan fingerprint density at radius 3 is 1.71 bits per heavy atom. The van der Waals surface area contributed by atoms with Crippen LogP contribution in [-0.4, -0.2) is 25.2 Å². The summed E-state index contributed by atoms with van der Waals surface area (Å²) in [6, 6.07) is 0. The summed E-state index contributed by atoms with van der Waals surface area (Å²) in [5, 5.41) is 0. The minimum absolute atomic E-state index is 0.358. The summed E-state index contributed by atoms with van der Waals surface area (Å²) in [6.45, 7) is 8.76. The van der Waals surface area contributed by atoms with E-state index in [-0.39, 0.29) is 11.9 Å². The van der Waals surface area contributed by atoms with Gasteiger partial charge >= 0.3 is 11.9 Å². The molecule has 0 fully saturated rings. The molecule has 0 heterocycles. The smallest absolute Gasteiger partial charge is 0.334 e. The van der Waals surface area contributed by atoms with Crippen molar-refractivity contribution in [2.75, 3.05) is 13.2 Å². The zero-order valence-corrected chi connectivity index (χ0v) is 16.1. The summed E-state index contributed by atoms with van der Waals surface area (Å²) in [7, 11) is 0. The molecule has 0 unspecified atom stereocenters. The first-order valence-corrected chi connectivity index (χ1v) is 9.62. The van der Waals surface area contributed by atoms with Gasteiger partial charge in [-0.2, -0.15) is 0 Å². The lowest BCUT2D eigenvalue weighted by Gasteiger charge is -2.12. The first kappa shape index (κ1) is 22.7. The molecule has 140 valence electrons. The summed E-state index contributed by atoms with van der Waals surface area (Å²) in [5.74, 6) is -0.747. The number of carbonyl (C=O) groups is 2. The Bertz CT molecular complexity index is 385. The molecule has 0 aromatic carbocycles. The van der Waals surface area contributed by atoms with E-state index in [9.17, 15) is 9.59 Å². The molecule has 0 atom stereocenters. The summed E-state index contributed by atoms with van der Waals surface area (Å²) in [6.07, 6.45) is 9.73. The summed E-state index contributed by atoms with van der Waals surface area (Å²) < 4.78 is 10.6. The molecule has 0 N–H and O–H groups in total. The second-order valence-corrected chi connectivity index (χ2v) is 6.25. The molecule has 0 aromatic heterocycles. The Balaban J connectivity index is 4.75. The standard InChI is InChI=1S/C20H36O4/c1-5-8-11-12-13-14-18(20(22)24-16-10-7-3)17(4)19(21)23-15-9-6-2/h5-16H2,1-4H3. The third-order valence-electron chi connectivity index (χ3n) is 4.00. The van der Waals surface area contributed by atoms with Crippen molar-refractivity contribution >= 4 is 11.9 Å². The summed E-state index contributed by atoms with van der Waals surface area (Å²) in [4.78, 5) is 24.5. The van der Waals surface area contributed by atoms with Crippen LogP contribution in [0.15, 0.2) is 11.1 Å². The van der Waals surface area contributed by atoms with Crippen LogP contribution in [0.2, 0.25) is 0 Å². The number of unbranched alkanes of at least 4 members (excludes halogenated alkanes) is 6. The van der Waals surface area contributed by atoms with Crippen LogP contribution in [0, 0.1) is 0 Å². The van der Waals surface area contributed by atoms with Gasteiger partial charge in [-0.05, 0) is 32.6 Å². The van der Waals surface area contributed by atoms with Gasteiger partial charge in [-0.15, -0.1) is 0 Å². The van der Waals surface area contributed by atoms with Gasteiger partial charge in [0.25, 0.3) is 0 Å². The molecule has 0 aliphatic heterocycles. The van der Waals surface area contributed by atoms with Crippen molar-refractivity contribution in [3.8, 4) is 0 Å². The molecule has 24 heavy (non-hydrogen) atoms. The first-order valence-electron chi connectivity index (χ1n) is 9.62. The molecular formula is C20H36O4. The van der Waals surface area contributed by atoms with E-state index >= 15 is 0 Å². The molecule has 0 aliphatic rings. The predicted octanol–water partition coefficient (Wildman–Crippen LogP) is 5.35. The van der Waals surface area contributed by atoms with E-state index in [0.717, 1.165) is 44.9 Å². The van der Waals surface area contributed by atoms with E-state index in [1.807, 2.05) is 6.92 Å². The maximum atomic E-state index is 12.3. The maximum Gasteiger partial charge on any atom is 0.334 e. The van der Waals surface area contributed by atoms with E-state index in [1.165, 1.54) is 12.8 Å². The average Bonchev–Trinajstić information content (AvgIpc) is 2.57. The van der Waals surface area contributed by atoms with Crippen LogP contribution in [-0.2, 0) is 19.1 Å². The van der Waals surface area contributed by atoms with Crippen LogP contribution in [0.25, 0.3) is 0 Å². The largest absolute Gasteiger partial charge is 0.462 e. The lowest BCUT2D eigenvalue weighted by Crippen LogP contribution is -2.16. The topological polar surface area (TPSA) is 52.6 Å². The van der Waals surface area contributed by atoms with Crippen molar-refractivity contribution in [2.45, 2.75) is 91.9 Å². The average molecular weight is 341 g/mol. The molecule has 0 aromatic rings. The van der Waals surface area contributed by atoms with Crippen LogP contribution in [0.4, 0.5) is 0 Å². The molecule has 0 bridgehead atoms. The molecular weight excluding hydrogens is 304 g/mol. The van der Waals surface area contributed by atoms with Crippen LogP contribution >= 0.6 is 0 Å². The van der Waals surface area contributed by atoms with E-state index in [0.29, 0.717) is 30.8 Å². The van der Waals surface area contributed by atoms with Gasteiger partial charge < -0.3 is 9.47 Å². The SMILES string of the molecule is CCCCCCCC(C(=O)OCCCC)=C(C)C(=O)OCCCC. The molecule has 4 heteroatoms. The minimum atomic E-state index is -0.389. The highest BCUT2D eigenvalue weighted by molar-refractivity contribution is 5.99. The Morgan fingerprint density at radius 2 is 1.17 bits per heavy atom. The van der Waals surface area contributed by atoms with Crippen molar-refractivity contribution < 1.29 is 19.1 Å². The van der Waals surface area contributed by atoms with Gasteiger partial charge in [0.05, 0.1) is 13.2 Å². The highest BCUT2D eigenvalue weighted by Crippen LogP contribution is 2.18.